The Balaban J connectivity index is 1.78. The van der Waals surface area contributed by atoms with Crippen molar-refractivity contribution >= 4 is 17.6 Å². The van der Waals surface area contributed by atoms with Crippen LogP contribution in [0.2, 0.25) is 5.02 Å². The molecule has 2 aliphatic rings. The van der Waals surface area contributed by atoms with Crippen molar-refractivity contribution in [3.63, 3.8) is 0 Å². The van der Waals surface area contributed by atoms with Gasteiger partial charge in [-0.05, 0) is 55.5 Å². The lowest BCUT2D eigenvalue weighted by molar-refractivity contribution is -0.150. The van der Waals surface area contributed by atoms with Crippen LogP contribution in [-0.4, -0.2) is 18.7 Å². The Morgan fingerprint density at radius 2 is 1.93 bits per heavy atom. The summed E-state index contributed by atoms with van der Waals surface area (Å²) in [6.07, 6.45) is 2.04. The Kier molecular flexibility index (Phi) is 5.04. The van der Waals surface area contributed by atoms with Gasteiger partial charge in [0.25, 0.3) is 0 Å². The Morgan fingerprint density at radius 3 is 2.64 bits per heavy atom. The van der Waals surface area contributed by atoms with Crippen LogP contribution in [0.1, 0.15) is 37.3 Å². The van der Waals surface area contributed by atoms with Crippen molar-refractivity contribution in [1.29, 1.82) is 0 Å². The molecule has 0 N–H and O–H groups in total. The number of halogens is 3. The van der Waals surface area contributed by atoms with Crippen molar-refractivity contribution in [2.45, 2.75) is 44.1 Å². The van der Waals surface area contributed by atoms with E-state index in [4.69, 9.17) is 21.1 Å². The maximum absolute atomic E-state index is 15.0. The molecule has 28 heavy (non-hydrogen) atoms. The molecule has 1 fully saturated rings. The van der Waals surface area contributed by atoms with Crippen LogP contribution in [0.3, 0.4) is 0 Å². The molecule has 1 aliphatic heterocycles. The van der Waals surface area contributed by atoms with Crippen LogP contribution >= 0.6 is 11.6 Å². The Labute approximate surface area is 167 Å². The zero-order chi connectivity index (χ0) is 19.9. The van der Waals surface area contributed by atoms with E-state index in [0.29, 0.717) is 36.3 Å². The van der Waals surface area contributed by atoms with E-state index in [1.807, 2.05) is 12.1 Å². The predicted octanol–water partition coefficient (Wildman–Crippen LogP) is 5.22. The maximum atomic E-state index is 15.0. The second-order valence-electron chi connectivity index (χ2n) is 7.71. The molecule has 0 unspecified atom stereocenters. The van der Waals surface area contributed by atoms with Gasteiger partial charge in [-0.25, -0.2) is 8.78 Å². The largest absolute Gasteiger partial charge is 0.490 e. The summed E-state index contributed by atoms with van der Waals surface area (Å²) in [6.45, 7) is 1.65. The second-order valence-corrected chi connectivity index (χ2v) is 8.14. The lowest BCUT2D eigenvalue weighted by Gasteiger charge is -2.50. The van der Waals surface area contributed by atoms with Crippen LogP contribution in [0, 0.1) is 17.6 Å². The number of hydrogen-bond donors (Lipinski definition) is 0. The fraction of sp³-hybridized carbons (Fsp3) is 0.409. The quantitative estimate of drug-likeness (QED) is 0.655. The zero-order valence-electron chi connectivity index (χ0n) is 15.5. The van der Waals surface area contributed by atoms with E-state index in [1.165, 1.54) is 13.0 Å². The van der Waals surface area contributed by atoms with Gasteiger partial charge in [-0.15, -0.1) is 0 Å². The molecule has 1 heterocycles. The van der Waals surface area contributed by atoms with Crippen LogP contribution in [0.15, 0.2) is 36.4 Å². The zero-order valence-corrected chi connectivity index (χ0v) is 16.3. The molecule has 2 aromatic rings. The minimum Gasteiger partial charge on any atom is -0.490 e. The lowest BCUT2D eigenvalue weighted by atomic mass is 9.58. The molecule has 1 saturated carbocycles. The Bertz CT molecular complexity index is 899. The number of hydrogen-bond acceptors (Lipinski definition) is 3. The summed E-state index contributed by atoms with van der Waals surface area (Å²) in [6, 6.07) is 9.71. The van der Waals surface area contributed by atoms with Crippen LogP contribution in [0.5, 0.6) is 5.75 Å². The van der Waals surface area contributed by atoms with Gasteiger partial charge in [-0.1, -0.05) is 23.7 Å². The van der Waals surface area contributed by atoms with Crippen LogP contribution in [-0.2, 0) is 21.4 Å². The Hall–Kier alpha value is -2.14. The fourth-order valence-corrected chi connectivity index (χ4v) is 4.92. The summed E-state index contributed by atoms with van der Waals surface area (Å²) in [4.78, 5) is 11.4. The highest BCUT2D eigenvalue weighted by Gasteiger charge is 2.51. The summed E-state index contributed by atoms with van der Waals surface area (Å²) < 4.78 is 40.5. The van der Waals surface area contributed by atoms with Gasteiger partial charge < -0.3 is 9.47 Å². The van der Waals surface area contributed by atoms with Gasteiger partial charge in [0.15, 0.2) is 11.6 Å². The van der Waals surface area contributed by atoms with E-state index in [-0.39, 0.29) is 30.3 Å². The van der Waals surface area contributed by atoms with Gasteiger partial charge in [-0.2, -0.15) is 0 Å². The number of ether oxygens (including phenoxy) is 2. The van der Waals surface area contributed by atoms with Crippen molar-refractivity contribution in [2.24, 2.45) is 5.92 Å². The number of carbonyl (C=O) groups excluding carboxylic acids is 1. The maximum Gasteiger partial charge on any atom is 0.302 e. The van der Waals surface area contributed by atoms with Gasteiger partial charge >= 0.3 is 5.97 Å². The predicted molar refractivity (Wildman–Crippen MR) is 102 cm³/mol. The van der Waals surface area contributed by atoms with Crippen molar-refractivity contribution in [1.82, 2.24) is 0 Å². The molecule has 3 atom stereocenters. The van der Waals surface area contributed by atoms with Gasteiger partial charge in [0.1, 0.15) is 11.9 Å². The van der Waals surface area contributed by atoms with E-state index >= 15 is 0 Å². The summed E-state index contributed by atoms with van der Waals surface area (Å²) >= 11 is 6.01. The number of benzene rings is 2. The molecule has 6 heteroatoms. The van der Waals surface area contributed by atoms with Crippen molar-refractivity contribution < 1.29 is 23.0 Å². The summed E-state index contributed by atoms with van der Waals surface area (Å²) in [7, 11) is 0. The molecule has 1 aliphatic carbocycles. The van der Waals surface area contributed by atoms with E-state index in [2.05, 4.69) is 0 Å². The van der Waals surface area contributed by atoms with E-state index in [9.17, 15) is 13.6 Å². The third-order valence-corrected chi connectivity index (χ3v) is 6.24. The van der Waals surface area contributed by atoms with Crippen molar-refractivity contribution in [3.8, 4) is 5.75 Å². The van der Waals surface area contributed by atoms with Crippen molar-refractivity contribution in [2.75, 3.05) is 6.61 Å². The average Bonchev–Trinajstić information content (AvgIpc) is 2.66. The topological polar surface area (TPSA) is 35.5 Å². The average molecular weight is 407 g/mol. The molecule has 4 rings (SSSR count). The number of fused-ring (bicyclic) bond motifs is 3. The second kappa shape index (κ2) is 7.36. The molecule has 0 aromatic heterocycles. The number of rotatable bonds is 3. The summed E-state index contributed by atoms with van der Waals surface area (Å²) in [5, 5.41) is 0.626. The third-order valence-electron chi connectivity index (χ3n) is 5.99. The van der Waals surface area contributed by atoms with Crippen LogP contribution < -0.4 is 4.74 Å². The minimum absolute atomic E-state index is 0.0103. The number of esters is 1. The first-order chi connectivity index (χ1) is 13.4. The van der Waals surface area contributed by atoms with Gasteiger partial charge in [0.05, 0.1) is 6.61 Å². The molecular weight excluding hydrogens is 386 g/mol. The smallest absolute Gasteiger partial charge is 0.302 e. The molecule has 148 valence electrons. The summed E-state index contributed by atoms with van der Waals surface area (Å²) in [5.41, 5.74) is 0.682. The molecular formula is C22H21ClF2O3. The first-order valence-corrected chi connectivity index (χ1v) is 9.80. The van der Waals surface area contributed by atoms with E-state index in [0.717, 1.165) is 11.6 Å². The summed E-state index contributed by atoms with van der Waals surface area (Å²) in [5.74, 6) is -1.42. The van der Waals surface area contributed by atoms with Gasteiger partial charge in [0, 0.05) is 28.8 Å². The van der Waals surface area contributed by atoms with E-state index in [1.54, 1.807) is 12.1 Å². The molecule has 0 saturated heterocycles. The highest BCUT2D eigenvalue weighted by atomic mass is 35.5. The fourth-order valence-electron chi connectivity index (χ4n) is 4.79. The monoisotopic (exact) mass is 406 g/mol. The van der Waals surface area contributed by atoms with Crippen LogP contribution in [0.4, 0.5) is 8.78 Å². The first kappa shape index (κ1) is 19.2. The SMILES string of the molecule is CC(=O)O[C@@H]1CC[C@@]2(Cc3ccc(Cl)cc3)c3c(F)ccc(F)c3OC[C@H]2C1. The molecule has 0 spiro atoms. The van der Waals surface area contributed by atoms with Gasteiger partial charge in [-0.3, -0.25) is 4.79 Å². The highest BCUT2D eigenvalue weighted by Crippen LogP contribution is 2.53. The molecule has 3 nitrogen and oxygen atoms in total. The van der Waals surface area contributed by atoms with Crippen molar-refractivity contribution in [3.05, 3.63) is 64.2 Å². The van der Waals surface area contributed by atoms with Crippen LogP contribution in [0.25, 0.3) is 0 Å². The minimum atomic E-state index is -0.621. The number of carbonyl (C=O) groups is 1. The normalized spacial score (nSPS) is 26.0. The van der Waals surface area contributed by atoms with E-state index < -0.39 is 17.0 Å². The molecule has 0 radical (unpaired) electrons. The third kappa shape index (κ3) is 3.37. The Morgan fingerprint density at radius 1 is 1.21 bits per heavy atom. The standard InChI is InChI=1S/C22H21ClF2O3/c1-13(26)28-17-8-9-22(11-14-2-4-16(23)5-3-14)15(10-17)12-27-21-19(25)7-6-18(24)20(21)22/h2-7,15,17H,8-12H2,1H3/t15-,17-,22+/m1/s1. The highest BCUT2D eigenvalue weighted by molar-refractivity contribution is 6.30. The van der Waals surface area contributed by atoms with Gasteiger partial charge in [0.2, 0.25) is 0 Å². The first-order valence-electron chi connectivity index (χ1n) is 9.42. The lowest BCUT2D eigenvalue weighted by Crippen LogP contribution is -2.50. The molecule has 0 amide bonds. The molecule has 2 aromatic carbocycles. The molecule has 0 bridgehead atoms.